The Morgan fingerprint density at radius 3 is 2.64 bits per heavy atom. The SMILES string of the molecule is O=C(c1cc(C(F)(F)F)n[nH]1)N(CCN1CCOCC1)Cc1ccccc1Cl. The fraction of sp³-hybridized carbons (Fsp3) is 0.444. The summed E-state index contributed by atoms with van der Waals surface area (Å²) < 4.78 is 43.7. The number of alkyl halides is 3. The number of morpholine rings is 1. The molecule has 6 nitrogen and oxygen atoms in total. The molecule has 152 valence electrons. The molecule has 0 aliphatic carbocycles. The molecule has 0 radical (unpaired) electrons. The molecular weight excluding hydrogens is 397 g/mol. The van der Waals surface area contributed by atoms with E-state index in [1.165, 1.54) is 4.90 Å². The van der Waals surface area contributed by atoms with Crippen molar-refractivity contribution in [2.75, 3.05) is 39.4 Å². The van der Waals surface area contributed by atoms with Crippen LogP contribution in [0.3, 0.4) is 0 Å². The number of halogens is 4. The molecule has 1 aliphatic heterocycles. The number of rotatable bonds is 6. The fourth-order valence-corrected chi connectivity index (χ4v) is 3.11. The Balaban J connectivity index is 1.76. The summed E-state index contributed by atoms with van der Waals surface area (Å²) in [5.74, 6) is -0.559. The monoisotopic (exact) mass is 416 g/mol. The lowest BCUT2D eigenvalue weighted by molar-refractivity contribution is -0.141. The van der Waals surface area contributed by atoms with Gasteiger partial charge < -0.3 is 9.64 Å². The second-order valence-corrected chi connectivity index (χ2v) is 6.84. The van der Waals surface area contributed by atoms with Crippen molar-refractivity contribution in [1.82, 2.24) is 20.0 Å². The van der Waals surface area contributed by atoms with E-state index in [0.29, 0.717) is 31.3 Å². The van der Waals surface area contributed by atoms with Gasteiger partial charge in [0, 0.05) is 43.8 Å². The number of amides is 1. The van der Waals surface area contributed by atoms with Crippen LogP contribution < -0.4 is 0 Å². The van der Waals surface area contributed by atoms with Gasteiger partial charge in [-0.25, -0.2) is 0 Å². The Labute approximate surface area is 165 Å². The Morgan fingerprint density at radius 1 is 1.29 bits per heavy atom. The average Bonchev–Trinajstić information content (AvgIpc) is 3.17. The number of nitrogens with one attached hydrogen (secondary N) is 1. The highest BCUT2D eigenvalue weighted by molar-refractivity contribution is 6.31. The van der Waals surface area contributed by atoms with E-state index in [1.807, 2.05) is 0 Å². The van der Waals surface area contributed by atoms with Crippen LogP contribution in [-0.2, 0) is 17.5 Å². The molecule has 0 bridgehead atoms. The van der Waals surface area contributed by atoms with Gasteiger partial charge in [-0.2, -0.15) is 18.3 Å². The number of aromatic nitrogens is 2. The van der Waals surface area contributed by atoms with Crippen molar-refractivity contribution < 1.29 is 22.7 Å². The summed E-state index contributed by atoms with van der Waals surface area (Å²) in [6, 6.07) is 7.79. The lowest BCUT2D eigenvalue weighted by Gasteiger charge is -2.30. The van der Waals surface area contributed by atoms with E-state index in [0.717, 1.165) is 24.7 Å². The summed E-state index contributed by atoms with van der Waals surface area (Å²) in [5, 5.41) is 5.91. The Morgan fingerprint density at radius 2 is 2.00 bits per heavy atom. The summed E-state index contributed by atoms with van der Waals surface area (Å²) in [6.45, 7) is 3.84. The lowest BCUT2D eigenvalue weighted by atomic mass is 10.2. The molecule has 3 rings (SSSR count). The third-order valence-electron chi connectivity index (χ3n) is 4.49. The van der Waals surface area contributed by atoms with Gasteiger partial charge in [0.15, 0.2) is 5.69 Å². The number of carbonyl (C=O) groups is 1. The van der Waals surface area contributed by atoms with E-state index in [-0.39, 0.29) is 12.2 Å². The van der Waals surface area contributed by atoms with E-state index in [1.54, 1.807) is 24.3 Å². The second-order valence-electron chi connectivity index (χ2n) is 6.44. The largest absolute Gasteiger partial charge is 0.435 e. The first kappa shape index (κ1) is 20.6. The molecule has 0 spiro atoms. The van der Waals surface area contributed by atoms with Crippen LogP contribution in [0.1, 0.15) is 21.7 Å². The van der Waals surface area contributed by atoms with E-state index < -0.39 is 17.8 Å². The van der Waals surface area contributed by atoms with Crippen LogP contribution in [-0.4, -0.2) is 65.3 Å². The maximum atomic E-state index is 12.9. The third kappa shape index (κ3) is 5.24. The molecule has 0 saturated carbocycles. The molecule has 10 heteroatoms. The van der Waals surface area contributed by atoms with Gasteiger partial charge in [-0.1, -0.05) is 29.8 Å². The van der Waals surface area contributed by atoms with Crippen molar-refractivity contribution in [2.45, 2.75) is 12.7 Å². The number of carbonyl (C=O) groups excluding carboxylic acids is 1. The highest BCUT2D eigenvalue weighted by Gasteiger charge is 2.35. The van der Waals surface area contributed by atoms with Gasteiger partial charge in [0.1, 0.15) is 5.69 Å². The minimum atomic E-state index is -4.61. The summed E-state index contributed by atoms with van der Waals surface area (Å²) in [5.41, 5.74) is -0.613. The molecule has 2 heterocycles. The number of benzene rings is 1. The second kappa shape index (κ2) is 8.93. The van der Waals surface area contributed by atoms with Crippen molar-refractivity contribution in [2.24, 2.45) is 0 Å². The maximum absolute atomic E-state index is 12.9. The van der Waals surface area contributed by atoms with Crippen molar-refractivity contribution in [3.05, 3.63) is 52.3 Å². The van der Waals surface area contributed by atoms with E-state index in [2.05, 4.69) is 15.1 Å². The summed E-state index contributed by atoms with van der Waals surface area (Å²) in [7, 11) is 0. The molecule has 1 amide bonds. The number of H-pyrrole nitrogens is 1. The fourth-order valence-electron chi connectivity index (χ4n) is 2.92. The quantitative estimate of drug-likeness (QED) is 0.786. The highest BCUT2D eigenvalue weighted by Crippen LogP contribution is 2.28. The molecule has 1 N–H and O–H groups in total. The van der Waals surface area contributed by atoms with Gasteiger partial charge in [0.2, 0.25) is 0 Å². The first-order valence-corrected chi connectivity index (χ1v) is 9.18. The zero-order valence-corrected chi connectivity index (χ0v) is 15.8. The van der Waals surface area contributed by atoms with Crippen LogP contribution in [0, 0.1) is 0 Å². The van der Waals surface area contributed by atoms with Crippen molar-refractivity contribution in [1.29, 1.82) is 0 Å². The summed E-state index contributed by atoms with van der Waals surface area (Å²) in [6.07, 6.45) is -4.61. The summed E-state index contributed by atoms with van der Waals surface area (Å²) in [4.78, 5) is 16.5. The molecule has 1 fully saturated rings. The predicted molar refractivity (Wildman–Crippen MR) is 97.0 cm³/mol. The lowest BCUT2D eigenvalue weighted by Crippen LogP contribution is -2.43. The van der Waals surface area contributed by atoms with E-state index >= 15 is 0 Å². The number of nitrogens with zero attached hydrogens (tertiary/aromatic N) is 3. The standard InChI is InChI=1S/C18H20ClF3N4O2/c19-14-4-2-1-3-13(14)12-26(6-5-25-7-9-28-10-8-25)17(27)15-11-16(24-23-15)18(20,21)22/h1-4,11H,5-10,12H2,(H,23,24). The number of ether oxygens (including phenoxy) is 1. The van der Waals surface area contributed by atoms with E-state index in [9.17, 15) is 18.0 Å². The van der Waals surface area contributed by atoms with Gasteiger partial charge in [-0.05, 0) is 11.6 Å². The van der Waals surface area contributed by atoms with Gasteiger partial charge >= 0.3 is 6.18 Å². The van der Waals surface area contributed by atoms with Crippen molar-refractivity contribution in [3.63, 3.8) is 0 Å². The Bertz CT molecular complexity index is 806. The number of hydrogen-bond donors (Lipinski definition) is 1. The first-order valence-electron chi connectivity index (χ1n) is 8.80. The average molecular weight is 417 g/mol. The molecule has 28 heavy (non-hydrogen) atoms. The van der Waals surface area contributed by atoms with E-state index in [4.69, 9.17) is 16.3 Å². The minimum Gasteiger partial charge on any atom is -0.379 e. The first-order chi connectivity index (χ1) is 13.3. The van der Waals surface area contributed by atoms with Crippen molar-refractivity contribution >= 4 is 17.5 Å². The summed E-state index contributed by atoms with van der Waals surface area (Å²) >= 11 is 6.20. The van der Waals surface area contributed by atoms with Crippen LogP contribution in [0.25, 0.3) is 0 Å². The number of aromatic amines is 1. The van der Waals surface area contributed by atoms with Crippen molar-refractivity contribution in [3.8, 4) is 0 Å². The molecule has 1 aliphatic rings. The molecule has 1 aromatic carbocycles. The molecule has 0 unspecified atom stereocenters. The van der Waals surface area contributed by atoms with Crippen LogP contribution >= 0.6 is 11.6 Å². The zero-order valence-electron chi connectivity index (χ0n) is 15.0. The maximum Gasteiger partial charge on any atom is 0.435 e. The van der Waals surface area contributed by atoms with Gasteiger partial charge in [0.25, 0.3) is 5.91 Å². The molecular formula is C18H20ClF3N4O2. The minimum absolute atomic E-state index is 0.184. The van der Waals surface area contributed by atoms with Gasteiger partial charge in [-0.3, -0.25) is 14.8 Å². The van der Waals surface area contributed by atoms with Crippen LogP contribution in [0.5, 0.6) is 0 Å². The number of hydrogen-bond acceptors (Lipinski definition) is 4. The van der Waals surface area contributed by atoms with Gasteiger partial charge in [-0.15, -0.1) is 0 Å². The van der Waals surface area contributed by atoms with Crippen LogP contribution in [0.2, 0.25) is 5.02 Å². The Hall–Kier alpha value is -2.10. The Kier molecular flexibility index (Phi) is 6.58. The topological polar surface area (TPSA) is 61.5 Å². The third-order valence-corrected chi connectivity index (χ3v) is 4.86. The smallest absolute Gasteiger partial charge is 0.379 e. The van der Waals surface area contributed by atoms with Crippen LogP contribution in [0.15, 0.2) is 30.3 Å². The zero-order chi connectivity index (χ0) is 20.1. The normalized spacial score (nSPS) is 15.6. The van der Waals surface area contributed by atoms with Gasteiger partial charge in [0.05, 0.1) is 13.2 Å². The molecule has 2 aromatic rings. The molecule has 0 atom stereocenters. The predicted octanol–water partition coefficient (Wildman–Crippen LogP) is 3.06. The highest BCUT2D eigenvalue weighted by atomic mass is 35.5. The van der Waals surface area contributed by atoms with Crippen LogP contribution in [0.4, 0.5) is 13.2 Å². The molecule has 1 aromatic heterocycles. The molecule has 1 saturated heterocycles.